The van der Waals surface area contributed by atoms with Crippen molar-refractivity contribution in [3.8, 4) is 5.75 Å². The molecule has 2 N–H and O–H groups in total. The van der Waals surface area contributed by atoms with Crippen LogP contribution >= 0.6 is 12.2 Å². The van der Waals surface area contributed by atoms with Gasteiger partial charge in [0, 0.05) is 5.92 Å². The van der Waals surface area contributed by atoms with Crippen LogP contribution in [0.25, 0.3) is 0 Å². The third-order valence-electron chi connectivity index (χ3n) is 4.03. The molecular formula is C18H29NOS. The summed E-state index contributed by atoms with van der Waals surface area (Å²) in [5.74, 6) is 1.36. The molecule has 118 valence electrons. The summed E-state index contributed by atoms with van der Waals surface area (Å²) in [6.45, 7) is 13.8. The molecule has 21 heavy (non-hydrogen) atoms. The van der Waals surface area contributed by atoms with Gasteiger partial charge in [0.05, 0.1) is 11.6 Å². The minimum atomic E-state index is 0.115. The number of hydrogen-bond donors (Lipinski definition) is 1. The Morgan fingerprint density at radius 1 is 1.29 bits per heavy atom. The highest BCUT2D eigenvalue weighted by molar-refractivity contribution is 7.80. The minimum absolute atomic E-state index is 0.115. The van der Waals surface area contributed by atoms with Crippen LogP contribution in [-0.2, 0) is 5.41 Å². The average Bonchev–Trinajstić information content (AvgIpc) is 2.42. The molecule has 0 bridgehead atoms. The maximum absolute atomic E-state index is 5.92. The van der Waals surface area contributed by atoms with Crippen LogP contribution in [-0.4, -0.2) is 11.6 Å². The van der Waals surface area contributed by atoms with Crippen molar-refractivity contribution in [2.24, 2.45) is 11.7 Å². The second-order valence-corrected chi connectivity index (χ2v) is 7.30. The van der Waals surface area contributed by atoms with Gasteiger partial charge in [-0.25, -0.2) is 0 Å². The van der Waals surface area contributed by atoms with Gasteiger partial charge in [0.2, 0.25) is 0 Å². The molecule has 0 spiro atoms. The van der Waals surface area contributed by atoms with Crippen molar-refractivity contribution in [3.63, 3.8) is 0 Å². The second-order valence-electron chi connectivity index (χ2n) is 6.83. The molecule has 2 atom stereocenters. The monoisotopic (exact) mass is 307 g/mol. The first-order chi connectivity index (χ1) is 9.68. The number of rotatable bonds is 6. The molecule has 0 aliphatic rings. The normalized spacial score (nSPS) is 14.6. The molecule has 3 heteroatoms. The van der Waals surface area contributed by atoms with Crippen LogP contribution in [0.4, 0.5) is 0 Å². The van der Waals surface area contributed by atoms with Crippen LogP contribution in [0.5, 0.6) is 5.75 Å². The molecule has 0 saturated heterocycles. The molecule has 2 unspecified atom stereocenters. The Hall–Kier alpha value is -1.09. The summed E-state index contributed by atoms with van der Waals surface area (Å²) in [6.07, 6.45) is 1.000. The van der Waals surface area contributed by atoms with Crippen molar-refractivity contribution in [1.29, 1.82) is 0 Å². The van der Waals surface area contributed by atoms with Gasteiger partial charge in [-0.2, -0.15) is 0 Å². The smallest absolute Gasteiger partial charge is 0.122 e. The summed E-state index contributed by atoms with van der Waals surface area (Å²) >= 11 is 5.17. The topological polar surface area (TPSA) is 35.2 Å². The Bertz CT molecular complexity index is 490. The molecular weight excluding hydrogens is 278 g/mol. The van der Waals surface area contributed by atoms with Gasteiger partial charge in [0.25, 0.3) is 0 Å². The average molecular weight is 308 g/mol. The molecule has 0 fully saturated rings. The Kier molecular flexibility index (Phi) is 6.21. The summed E-state index contributed by atoms with van der Waals surface area (Å²) in [5, 5.41) is 0. The fourth-order valence-electron chi connectivity index (χ4n) is 2.23. The summed E-state index contributed by atoms with van der Waals surface area (Å²) in [4.78, 5) is 0.560. The fraction of sp³-hybridized carbons (Fsp3) is 0.611. The van der Waals surface area contributed by atoms with Crippen LogP contribution in [0.1, 0.15) is 65.0 Å². The second kappa shape index (κ2) is 7.26. The van der Waals surface area contributed by atoms with Gasteiger partial charge in [0.1, 0.15) is 5.75 Å². The van der Waals surface area contributed by atoms with Crippen molar-refractivity contribution >= 4 is 17.2 Å². The van der Waals surface area contributed by atoms with E-state index >= 15 is 0 Å². The molecule has 0 aliphatic carbocycles. The molecule has 0 aromatic heterocycles. The highest BCUT2D eigenvalue weighted by Crippen LogP contribution is 2.35. The maximum atomic E-state index is 5.92. The van der Waals surface area contributed by atoms with E-state index in [0.717, 1.165) is 18.8 Å². The zero-order chi connectivity index (χ0) is 16.2. The Morgan fingerprint density at radius 3 is 2.38 bits per heavy atom. The number of hydrogen-bond acceptors (Lipinski definition) is 2. The third-order valence-corrected chi connectivity index (χ3v) is 4.40. The summed E-state index contributed by atoms with van der Waals surface area (Å²) in [7, 11) is 0. The Balaban J connectivity index is 3.24. The van der Waals surface area contributed by atoms with Gasteiger partial charge in [-0.3, -0.25) is 0 Å². The molecule has 0 aliphatic heterocycles. The summed E-state index contributed by atoms with van der Waals surface area (Å²) in [6, 6.07) is 6.51. The largest absolute Gasteiger partial charge is 0.493 e. The zero-order valence-corrected chi connectivity index (χ0v) is 15.0. The first kappa shape index (κ1) is 18.0. The van der Waals surface area contributed by atoms with E-state index in [1.54, 1.807) is 0 Å². The van der Waals surface area contributed by atoms with E-state index in [1.807, 2.05) is 0 Å². The van der Waals surface area contributed by atoms with Gasteiger partial charge in [-0.05, 0) is 34.9 Å². The van der Waals surface area contributed by atoms with E-state index < -0.39 is 0 Å². The molecule has 0 heterocycles. The summed E-state index contributed by atoms with van der Waals surface area (Å²) in [5.41, 5.74) is 8.47. The molecule has 0 amide bonds. The van der Waals surface area contributed by atoms with Crippen molar-refractivity contribution in [3.05, 3.63) is 29.3 Å². The van der Waals surface area contributed by atoms with E-state index in [0.29, 0.717) is 4.99 Å². The lowest BCUT2D eigenvalue weighted by molar-refractivity contribution is 0.311. The zero-order valence-electron chi connectivity index (χ0n) is 14.2. The Morgan fingerprint density at radius 2 is 1.90 bits per heavy atom. The van der Waals surface area contributed by atoms with E-state index in [4.69, 9.17) is 22.7 Å². The van der Waals surface area contributed by atoms with Crippen molar-refractivity contribution in [2.45, 2.75) is 59.3 Å². The van der Waals surface area contributed by atoms with Gasteiger partial charge in [0.15, 0.2) is 0 Å². The number of ether oxygens (including phenoxy) is 1. The van der Waals surface area contributed by atoms with Gasteiger partial charge in [-0.1, -0.05) is 65.9 Å². The van der Waals surface area contributed by atoms with E-state index in [1.165, 1.54) is 11.1 Å². The van der Waals surface area contributed by atoms with Crippen LogP contribution in [0.2, 0.25) is 0 Å². The lowest BCUT2D eigenvalue weighted by Gasteiger charge is -2.26. The van der Waals surface area contributed by atoms with Gasteiger partial charge >= 0.3 is 0 Å². The lowest BCUT2D eigenvalue weighted by Crippen LogP contribution is -2.24. The van der Waals surface area contributed by atoms with E-state index in [9.17, 15) is 0 Å². The van der Waals surface area contributed by atoms with Crippen LogP contribution in [0, 0.1) is 5.92 Å². The molecule has 1 aromatic carbocycles. The predicted molar refractivity (Wildman–Crippen MR) is 95.3 cm³/mol. The highest BCUT2D eigenvalue weighted by atomic mass is 32.1. The van der Waals surface area contributed by atoms with Crippen LogP contribution in [0.15, 0.2) is 18.2 Å². The van der Waals surface area contributed by atoms with Crippen LogP contribution < -0.4 is 10.5 Å². The molecule has 0 radical (unpaired) electrons. The fourth-order valence-corrected chi connectivity index (χ4v) is 2.43. The quantitative estimate of drug-likeness (QED) is 0.767. The van der Waals surface area contributed by atoms with E-state index in [-0.39, 0.29) is 17.3 Å². The van der Waals surface area contributed by atoms with Crippen molar-refractivity contribution in [2.75, 3.05) is 6.61 Å². The lowest BCUT2D eigenvalue weighted by atomic mass is 9.82. The predicted octanol–water partition coefficient (Wildman–Crippen LogP) is 4.80. The van der Waals surface area contributed by atoms with Crippen molar-refractivity contribution < 1.29 is 4.74 Å². The first-order valence-electron chi connectivity index (χ1n) is 7.75. The molecule has 1 aromatic rings. The highest BCUT2D eigenvalue weighted by Gasteiger charge is 2.23. The molecule has 1 rings (SSSR count). The van der Waals surface area contributed by atoms with Gasteiger partial charge in [-0.15, -0.1) is 0 Å². The van der Waals surface area contributed by atoms with Crippen molar-refractivity contribution in [1.82, 2.24) is 0 Å². The SMILES string of the molecule is CCCOc1ccc(C(C)(C)C)cc1C(C)C(C)C(N)=S. The molecule has 2 nitrogen and oxygen atoms in total. The van der Waals surface area contributed by atoms with Gasteiger partial charge < -0.3 is 10.5 Å². The summed E-state index contributed by atoms with van der Waals surface area (Å²) < 4.78 is 5.92. The minimum Gasteiger partial charge on any atom is -0.493 e. The van der Waals surface area contributed by atoms with Crippen LogP contribution in [0.3, 0.4) is 0 Å². The molecule has 0 saturated carbocycles. The standard InChI is InChI=1S/C18H29NOS/c1-7-10-20-16-9-8-14(18(4,5)6)11-15(16)12(2)13(3)17(19)21/h8-9,11-13H,7,10H2,1-6H3,(H2,19,21). The maximum Gasteiger partial charge on any atom is 0.122 e. The number of thiocarbonyl (C=S) groups is 1. The van der Waals surface area contributed by atoms with E-state index in [2.05, 4.69) is 59.7 Å². The Labute approximate surface area is 135 Å². The number of benzene rings is 1. The third kappa shape index (κ3) is 4.70. The number of nitrogens with two attached hydrogens (primary N) is 1. The first-order valence-corrected chi connectivity index (χ1v) is 8.15.